The van der Waals surface area contributed by atoms with E-state index in [1.54, 1.807) is 34.5 Å². The van der Waals surface area contributed by atoms with Crippen molar-refractivity contribution >= 4 is 5.91 Å². The van der Waals surface area contributed by atoms with Gasteiger partial charge >= 0.3 is 0 Å². The predicted molar refractivity (Wildman–Crippen MR) is 133 cm³/mol. The Bertz CT molecular complexity index is 1150. The van der Waals surface area contributed by atoms with E-state index in [9.17, 15) is 4.79 Å². The van der Waals surface area contributed by atoms with E-state index in [-0.39, 0.29) is 5.91 Å². The van der Waals surface area contributed by atoms with E-state index in [1.807, 2.05) is 53.4 Å². The SMILES string of the molecule is COc1cc2c(cc1OCc1ccccc1)CCCN(Cc1cc(OC)c(OC)c(OC)c1)C2=O. The molecule has 0 radical (unpaired) electrons. The summed E-state index contributed by atoms with van der Waals surface area (Å²) in [7, 11) is 6.32. The molecule has 1 aliphatic heterocycles. The van der Waals surface area contributed by atoms with Gasteiger partial charge in [-0.2, -0.15) is 0 Å². The minimum absolute atomic E-state index is 0.0424. The third-order valence-corrected chi connectivity index (χ3v) is 6.12. The molecule has 0 saturated carbocycles. The summed E-state index contributed by atoms with van der Waals surface area (Å²) >= 11 is 0. The van der Waals surface area contributed by atoms with E-state index >= 15 is 0 Å². The predicted octanol–water partition coefficient (Wildman–Crippen LogP) is 4.89. The molecule has 0 fully saturated rings. The third-order valence-electron chi connectivity index (χ3n) is 6.12. The summed E-state index contributed by atoms with van der Waals surface area (Å²) in [6.45, 7) is 1.48. The van der Waals surface area contributed by atoms with Crippen molar-refractivity contribution in [3.63, 3.8) is 0 Å². The molecule has 3 aromatic carbocycles. The van der Waals surface area contributed by atoms with E-state index in [0.29, 0.717) is 54.0 Å². The maximum Gasteiger partial charge on any atom is 0.254 e. The topological polar surface area (TPSA) is 66.5 Å². The Balaban J connectivity index is 1.59. The van der Waals surface area contributed by atoms with Gasteiger partial charge in [-0.3, -0.25) is 4.79 Å². The molecule has 0 aliphatic carbocycles. The van der Waals surface area contributed by atoms with Crippen molar-refractivity contribution in [2.75, 3.05) is 35.0 Å². The highest BCUT2D eigenvalue weighted by molar-refractivity contribution is 5.97. The van der Waals surface area contributed by atoms with Gasteiger partial charge in [0.1, 0.15) is 6.61 Å². The summed E-state index contributed by atoms with van der Waals surface area (Å²) < 4.78 is 28.0. The van der Waals surface area contributed by atoms with Crippen molar-refractivity contribution in [1.29, 1.82) is 0 Å². The zero-order valence-electron chi connectivity index (χ0n) is 20.6. The van der Waals surface area contributed by atoms with Crippen LogP contribution in [0.15, 0.2) is 54.6 Å². The molecule has 1 amide bonds. The summed E-state index contributed by atoms with van der Waals surface area (Å²) in [5.74, 6) is 2.79. The molecule has 7 heteroatoms. The van der Waals surface area contributed by atoms with Gasteiger partial charge in [0.25, 0.3) is 5.91 Å². The van der Waals surface area contributed by atoms with Crippen LogP contribution in [0.3, 0.4) is 0 Å². The van der Waals surface area contributed by atoms with Gasteiger partial charge in [0.15, 0.2) is 23.0 Å². The van der Waals surface area contributed by atoms with Crippen molar-refractivity contribution in [1.82, 2.24) is 4.90 Å². The number of benzene rings is 3. The largest absolute Gasteiger partial charge is 0.493 e. The van der Waals surface area contributed by atoms with Gasteiger partial charge in [-0.1, -0.05) is 30.3 Å². The highest BCUT2D eigenvalue weighted by Gasteiger charge is 2.26. The number of fused-ring (bicyclic) bond motifs is 1. The van der Waals surface area contributed by atoms with Gasteiger partial charge in [-0.15, -0.1) is 0 Å². The Morgan fingerprint density at radius 2 is 1.46 bits per heavy atom. The lowest BCUT2D eigenvalue weighted by Crippen LogP contribution is -2.30. The number of amides is 1. The molecule has 7 nitrogen and oxygen atoms in total. The number of hydrogen-bond acceptors (Lipinski definition) is 6. The average Bonchev–Trinajstić information content (AvgIpc) is 3.04. The first-order valence-corrected chi connectivity index (χ1v) is 11.5. The molecule has 0 saturated heterocycles. The minimum atomic E-state index is -0.0424. The number of carbonyl (C=O) groups is 1. The lowest BCUT2D eigenvalue weighted by molar-refractivity contribution is 0.0748. The molecular weight excluding hydrogens is 446 g/mol. The summed E-state index contributed by atoms with van der Waals surface area (Å²) in [5, 5.41) is 0. The Labute approximate surface area is 206 Å². The fraction of sp³-hybridized carbons (Fsp3) is 0.321. The first-order chi connectivity index (χ1) is 17.1. The average molecular weight is 478 g/mol. The number of methoxy groups -OCH3 is 4. The number of hydrogen-bond donors (Lipinski definition) is 0. The highest BCUT2D eigenvalue weighted by atomic mass is 16.5. The number of carbonyl (C=O) groups excluding carboxylic acids is 1. The van der Waals surface area contributed by atoms with E-state index < -0.39 is 0 Å². The summed E-state index contributed by atoms with van der Waals surface area (Å²) in [4.78, 5) is 15.4. The van der Waals surface area contributed by atoms with Gasteiger partial charge in [0, 0.05) is 18.7 Å². The highest BCUT2D eigenvalue weighted by Crippen LogP contribution is 2.39. The Morgan fingerprint density at radius 3 is 2.09 bits per heavy atom. The number of rotatable bonds is 9. The molecule has 184 valence electrons. The van der Waals surface area contributed by atoms with Crippen molar-refractivity contribution in [3.05, 3.63) is 76.9 Å². The van der Waals surface area contributed by atoms with Gasteiger partial charge < -0.3 is 28.6 Å². The summed E-state index contributed by atoms with van der Waals surface area (Å²) in [5.41, 5.74) is 3.56. The molecule has 35 heavy (non-hydrogen) atoms. The van der Waals surface area contributed by atoms with Gasteiger partial charge in [0.2, 0.25) is 5.75 Å². The van der Waals surface area contributed by atoms with Crippen molar-refractivity contribution in [2.24, 2.45) is 0 Å². The van der Waals surface area contributed by atoms with Gasteiger partial charge in [-0.05, 0) is 53.8 Å². The quantitative estimate of drug-likeness (QED) is 0.437. The molecule has 0 aromatic heterocycles. The lowest BCUT2D eigenvalue weighted by atomic mass is 10.0. The van der Waals surface area contributed by atoms with Crippen molar-refractivity contribution in [2.45, 2.75) is 26.0 Å². The van der Waals surface area contributed by atoms with Crippen LogP contribution >= 0.6 is 0 Å². The van der Waals surface area contributed by atoms with E-state index in [1.165, 1.54) is 0 Å². The standard InChI is InChI=1S/C28H31NO6/c1-31-23-16-22-21(15-24(23)35-18-19-9-6-5-7-10-19)11-8-12-29(28(22)30)17-20-13-25(32-2)27(34-4)26(14-20)33-3/h5-7,9-10,13-16H,8,11-12,17-18H2,1-4H3. The lowest BCUT2D eigenvalue weighted by Gasteiger charge is -2.23. The zero-order valence-corrected chi connectivity index (χ0v) is 20.6. The second-order valence-corrected chi connectivity index (χ2v) is 8.30. The van der Waals surface area contributed by atoms with Gasteiger partial charge in [-0.25, -0.2) is 0 Å². The van der Waals surface area contributed by atoms with Crippen LogP contribution in [-0.4, -0.2) is 45.8 Å². The molecule has 0 atom stereocenters. The molecule has 1 heterocycles. The summed E-state index contributed by atoms with van der Waals surface area (Å²) in [6, 6.07) is 17.5. The first kappa shape index (κ1) is 24.3. The number of nitrogens with zero attached hydrogens (tertiary/aromatic N) is 1. The molecule has 0 unspecified atom stereocenters. The van der Waals surface area contributed by atoms with Crippen LogP contribution in [0.1, 0.15) is 33.5 Å². The Hall–Kier alpha value is -3.87. The number of ether oxygens (including phenoxy) is 5. The molecule has 3 aromatic rings. The number of aryl methyl sites for hydroxylation is 1. The van der Waals surface area contributed by atoms with Crippen molar-refractivity contribution in [3.8, 4) is 28.7 Å². The van der Waals surface area contributed by atoms with Crippen LogP contribution in [0.2, 0.25) is 0 Å². The molecule has 0 bridgehead atoms. The second-order valence-electron chi connectivity index (χ2n) is 8.30. The normalized spacial score (nSPS) is 13.0. The fourth-order valence-electron chi connectivity index (χ4n) is 4.35. The van der Waals surface area contributed by atoms with Crippen LogP contribution < -0.4 is 23.7 Å². The van der Waals surface area contributed by atoms with E-state index in [2.05, 4.69) is 0 Å². The van der Waals surface area contributed by atoms with Crippen LogP contribution in [0.25, 0.3) is 0 Å². The third kappa shape index (κ3) is 5.29. The zero-order chi connectivity index (χ0) is 24.8. The van der Waals surface area contributed by atoms with Gasteiger partial charge in [0.05, 0.1) is 28.4 Å². The maximum absolute atomic E-state index is 13.6. The Morgan fingerprint density at radius 1 is 0.771 bits per heavy atom. The van der Waals surface area contributed by atoms with E-state index in [0.717, 1.165) is 29.5 Å². The second kappa shape index (κ2) is 11.0. The van der Waals surface area contributed by atoms with Crippen LogP contribution in [0.5, 0.6) is 28.7 Å². The first-order valence-electron chi connectivity index (χ1n) is 11.5. The molecule has 1 aliphatic rings. The fourth-order valence-corrected chi connectivity index (χ4v) is 4.35. The molecule has 0 spiro atoms. The van der Waals surface area contributed by atoms with Crippen LogP contribution in [0, 0.1) is 0 Å². The summed E-state index contributed by atoms with van der Waals surface area (Å²) in [6.07, 6.45) is 1.62. The van der Waals surface area contributed by atoms with E-state index in [4.69, 9.17) is 23.7 Å². The van der Waals surface area contributed by atoms with Crippen LogP contribution in [0.4, 0.5) is 0 Å². The molecular formula is C28H31NO6. The molecule has 0 N–H and O–H groups in total. The minimum Gasteiger partial charge on any atom is -0.493 e. The molecule has 4 rings (SSSR count). The smallest absolute Gasteiger partial charge is 0.254 e. The van der Waals surface area contributed by atoms with Crippen LogP contribution in [-0.2, 0) is 19.6 Å². The Kier molecular flexibility index (Phi) is 7.65. The van der Waals surface area contributed by atoms with Crippen molar-refractivity contribution < 1.29 is 28.5 Å². The maximum atomic E-state index is 13.6. The monoisotopic (exact) mass is 477 g/mol.